The fourth-order valence-electron chi connectivity index (χ4n) is 6.38. The lowest BCUT2D eigenvalue weighted by atomic mass is 9.58. The number of amides is 1. The molecule has 0 aromatic rings. The monoisotopic (exact) mass is 485 g/mol. The third-order valence-electron chi connectivity index (χ3n) is 8.42. The van der Waals surface area contributed by atoms with Crippen LogP contribution in [0.2, 0.25) is 0 Å². The summed E-state index contributed by atoms with van der Waals surface area (Å²) in [6, 6.07) is 0. The van der Waals surface area contributed by atoms with Gasteiger partial charge in [-0.15, -0.1) is 11.8 Å². The summed E-state index contributed by atoms with van der Waals surface area (Å²) >= 11 is 1.90. The maximum Gasteiger partial charge on any atom is 0.409 e. The van der Waals surface area contributed by atoms with E-state index in [1.165, 1.54) is 6.42 Å². The smallest absolute Gasteiger partial charge is 0.409 e. The number of carbonyl (C=O) groups excluding carboxylic acids is 1. The molecule has 8 heteroatoms. The molecule has 1 spiro atoms. The number of fused-ring (bicyclic) bond motifs is 2. The Hall–Kier alpha value is -0.540. The average Bonchev–Trinajstić information content (AvgIpc) is 3.03. The molecule has 4 aliphatic heterocycles. The summed E-state index contributed by atoms with van der Waals surface area (Å²) < 4.78 is 18.4. The van der Waals surface area contributed by atoms with E-state index in [9.17, 15) is 4.79 Å². The van der Waals surface area contributed by atoms with Gasteiger partial charge in [0.15, 0.2) is 11.9 Å². The molecule has 0 unspecified atom stereocenters. The van der Waals surface area contributed by atoms with Gasteiger partial charge in [-0.2, -0.15) is 0 Å². The number of ether oxygens (including phenoxy) is 3. The van der Waals surface area contributed by atoms with Gasteiger partial charge in [0.2, 0.25) is 5.79 Å². The first kappa shape index (κ1) is 25.5. The first-order valence-corrected chi connectivity index (χ1v) is 14.1. The Balaban J connectivity index is 1.27. The highest BCUT2D eigenvalue weighted by Crippen LogP contribution is 2.61. The molecule has 1 aliphatic carbocycles. The Morgan fingerprint density at radius 2 is 1.85 bits per heavy atom. The summed E-state index contributed by atoms with van der Waals surface area (Å²) in [4.78, 5) is 25.7. The molecule has 0 aromatic carbocycles. The summed E-state index contributed by atoms with van der Waals surface area (Å²) in [6.07, 6.45) is 6.75. The van der Waals surface area contributed by atoms with Gasteiger partial charge in [0.25, 0.3) is 0 Å². The van der Waals surface area contributed by atoms with E-state index in [-0.39, 0.29) is 17.8 Å². The van der Waals surface area contributed by atoms with Gasteiger partial charge >= 0.3 is 6.09 Å². The van der Waals surface area contributed by atoms with Crippen molar-refractivity contribution in [1.29, 1.82) is 0 Å². The molecule has 0 aromatic heterocycles. The van der Waals surface area contributed by atoms with Crippen LogP contribution in [0, 0.1) is 23.7 Å². The van der Waals surface area contributed by atoms with Crippen LogP contribution in [0.5, 0.6) is 0 Å². The zero-order valence-corrected chi connectivity index (χ0v) is 21.9. The second-order valence-electron chi connectivity index (χ2n) is 10.5. The number of nitrogens with zero attached hydrogens (tertiary/aromatic N) is 1. The molecule has 5 rings (SSSR count). The molecule has 8 atom stereocenters. The fourth-order valence-corrected chi connectivity index (χ4v) is 7.65. The van der Waals surface area contributed by atoms with Gasteiger partial charge in [0.1, 0.15) is 5.44 Å². The summed E-state index contributed by atoms with van der Waals surface area (Å²) in [5, 5.41) is 0. The molecule has 2 bridgehead atoms. The minimum absolute atomic E-state index is 0.103. The lowest BCUT2D eigenvalue weighted by molar-refractivity contribution is -0.568. The Morgan fingerprint density at radius 1 is 1.06 bits per heavy atom. The third-order valence-corrected chi connectivity index (χ3v) is 9.81. The molecule has 1 amide bonds. The second-order valence-corrected chi connectivity index (χ2v) is 11.7. The van der Waals surface area contributed by atoms with Crippen molar-refractivity contribution in [1.82, 2.24) is 4.90 Å². The topological polar surface area (TPSA) is 66.5 Å². The van der Waals surface area contributed by atoms with Crippen molar-refractivity contribution in [2.75, 3.05) is 25.4 Å². The number of unbranched alkanes of at least 4 members (excludes halogenated alkanes) is 2. The average molecular weight is 486 g/mol. The standard InChI is InChI=1S/C25H43NO6S/c1-6-26(7-2)23(27)28-15-9-8-10-16-33-21-18(4)20-12-11-17(3)19-13-14-24(5)30-22(29-21)25(19,20)32-31-24/h17-22H,6-16H2,1-5H3/t17-,18-,19+,20+,21+,22-,24-,25-/m1/s1. The van der Waals surface area contributed by atoms with Gasteiger partial charge in [-0.1, -0.05) is 13.8 Å². The molecule has 33 heavy (non-hydrogen) atoms. The van der Waals surface area contributed by atoms with Crippen molar-refractivity contribution >= 4 is 17.9 Å². The minimum Gasteiger partial charge on any atom is -0.449 e. The van der Waals surface area contributed by atoms with E-state index in [1.807, 2.05) is 32.5 Å². The molecule has 0 radical (unpaired) electrons. The van der Waals surface area contributed by atoms with Gasteiger partial charge in [-0.05, 0) is 82.8 Å². The van der Waals surface area contributed by atoms with Gasteiger partial charge in [-0.25, -0.2) is 14.6 Å². The minimum atomic E-state index is -0.712. The number of hydrogen-bond donors (Lipinski definition) is 0. The van der Waals surface area contributed by atoms with Gasteiger partial charge in [-0.3, -0.25) is 0 Å². The van der Waals surface area contributed by atoms with Crippen LogP contribution in [0.25, 0.3) is 0 Å². The maximum atomic E-state index is 11.9. The molecular weight excluding hydrogens is 442 g/mol. The maximum absolute atomic E-state index is 11.9. The van der Waals surface area contributed by atoms with Crippen molar-refractivity contribution in [3.05, 3.63) is 0 Å². The van der Waals surface area contributed by atoms with Crippen LogP contribution in [-0.4, -0.2) is 59.6 Å². The first-order valence-electron chi connectivity index (χ1n) is 13.1. The molecule has 0 N–H and O–H groups in total. The Bertz CT molecular complexity index is 677. The summed E-state index contributed by atoms with van der Waals surface area (Å²) in [6.45, 7) is 12.5. The number of hydrogen-bond acceptors (Lipinski definition) is 7. The fraction of sp³-hybridized carbons (Fsp3) is 0.960. The van der Waals surface area contributed by atoms with Crippen molar-refractivity contribution < 1.29 is 28.8 Å². The van der Waals surface area contributed by atoms with E-state index in [1.54, 1.807) is 4.90 Å². The van der Waals surface area contributed by atoms with Gasteiger partial charge in [0.05, 0.1) is 6.61 Å². The third kappa shape index (κ3) is 4.92. The van der Waals surface area contributed by atoms with Crippen LogP contribution >= 0.6 is 11.8 Å². The molecule has 5 aliphatic rings. The highest BCUT2D eigenvalue weighted by molar-refractivity contribution is 7.99. The summed E-state index contributed by atoms with van der Waals surface area (Å²) in [7, 11) is 0. The molecule has 190 valence electrons. The lowest BCUT2D eigenvalue weighted by Gasteiger charge is -2.60. The van der Waals surface area contributed by atoms with Crippen LogP contribution in [0.1, 0.15) is 79.6 Å². The Kier molecular flexibility index (Phi) is 8.21. The van der Waals surface area contributed by atoms with E-state index in [0.717, 1.165) is 44.3 Å². The Labute approximate surface area is 203 Å². The highest BCUT2D eigenvalue weighted by atomic mass is 32.2. The van der Waals surface area contributed by atoms with Crippen LogP contribution < -0.4 is 0 Å². The first-order chi connectivity index (χ1) is 15.8. The van der Waals surface area contributed by atoms with Crippen LogP contribution in [0.3, 0.4) is 0 Å². The van der Waals surface area contributed by atoms with Crippen molar-refractivity contribution in [2.45, 2.75) is 103 Å². The quantitative estimate of drug-likeness (QED) is 0.312. The zero-order valence-electron chi connectivity index (χ0n) is 21.0. The lowest BCUT2D eigenvalue weighted by Crippen LogP contribution is -2.70. The van der Waals surface area contributed by atoms with Crippen molar-refractivity contribution in [2.24, 2.45) is 23.7 Å². The molecule has 1 saturated carbocycles. The number of carbonyl (C=O) groups is 1. The Morgan fingerprint density at radius 3 is 2.61 bits per heavy atom. The summed E-state index contributed by atoms with van der Waals surface area (Å²) in [5.41, 5.74) is -0.370. The predicted octanol–water partition coefficient (Wildman–Crippen LogP) is 5.58. The SMILES string of the molecule is CCN(CC)C(=O)OCCCCCS[C@@H]1O[C@@H]2O[C@@]3(C)CC[C@H]4[C@H](C)CC[C@@H]([C@H]1C)[C@@]24OO3. The largest absolute Gasteiger partial charge is 0.449 e. The van der Waals surface area contributed by atoms with Gasteiger partial charge in [0, 0.05) is 25.4 Å². The molecular formula is C25H43NO6S. The van der Waals surface area contributed by atoms with E-state index < -0.39 is 11.4 Å². The molecule has 4 heterocycles. The predicted molar refractivity (Wildman–Crippen MR) is 127 cm³/mol. The molecule has 5 fully saturated rings. The molecule has 7 nitrogen and oxygen atoms in total. The van der Waals surface area contributed by atoms with E-state index in [4.69, 9.17) is 24.0 Å². The number of rotatable bonds is 9. The van der Waals surface area contributed by atoms with Gasteiger partial charge < -0.3 is 19.1 Å². The van der Waals surface area contributed by atoms with Crippen LogP contribution in [0.4, 0.5) is 4.79 Å². The van der Waals surface area contributed by atoms with Crippen LogP contribution in [-0.2, 0) is 24.0 Å². The second kappa shape index (κ2) is 10.6. The number of thioether (sulfide) groups is 1. The van der Waals surface area contributed by atoms with E-state index >= 15 is 0 Å². The highest BCUT2D eigenvalue weighted by Gasteiger charge is 2.69. The summed E-state index contributed by atoms with van der Waals surface area (Å²) in [5.74, 6) is 2.09. The zero-order chi connectivity index (χ0) is 23.6. The van der Waals surface area contributed by atoms with Crippen molar-refractivity contribution in [3.8, 4) is 0 Å². The molecule has 4 saturated heterocycles. The van der Waals surface area contributed by atoms with Crippen LogP contribution in [0.15, 0.2) is 0 Å². The van der Waals surface area contributed by atoms with Crippen molar-refractivity contribution in [3.63, 3.8) is 0 Å². The normalized spacial score (nSPS) is 41.8. The van der Waals surface area contributed by atoms with E-state index in [0.29, 0.717) is 43.4 Å². The van der Waals surface area contributed by atoms with E-state index in [2.05, 4.69) is 13.8 Å².